The third-order valence-corrected chi connectivity index (χ3v) is 4.76. The van der Waals surface area contributed by atoms with E-state index in [1.54, 1.807) is 13.0 Å². The van der Waals surface area contributed by atoms with Crippen LogP contribution in [0.1, 0.15) is 47.6 Å². The average Bonchev–Trinajstić information content (AvgIpc) is 2.95. The van der Waals surface area contributed by atoms with Crippen molar-refractivity contribution in [1.29, 1.82) is 0 Å². The fourth-order valence-electron chi connectivity index (χ4n) is 3.55. The van der Waals surface area contributed by atoms with Gasteiger partial charge in [-0.2, -0.15) is 26.3 Å². The first-order valence-electron chi connectivity index (χ1n) is 8.62. The summed E-state index contributed by atoms with van der Waals surface area (Å²) in [6, 6.07) is 5.43. The van der Waals surface area contributed by atoms with Crippen LogP contribution in [0.25, 0.3) is 17.2 Å². The van der Waals surface area contributed by atoms with E-state index < -0.39 is 23.5 Å². The Labute approximate surface area is 153 Å². The number of fused-ring (bicyclic) bond motifs is 1. The number of aryl methyl sites for hydroxylation is 1. The van der Waals surface area contributed by atoms with Crippen LogP contribution in [-0.2, 0) is 18.8 Å². The van der Waals surface area contributed by atoms with E-state index in [1.165, 1.54) is 0 Å². The molecule has 0 amide bonds. The van der Waals surface area contributed by atoms with Gasteiger partial charge in [-0.15, -0.1) is 0 Å². The standard InChI is InChI=1S/C21H18F6/c1-3-4-13-7-14-6-5-12(2)19(18(14)8-13)15-9-16(20(22,23)24)11-17(10-15)21(25,26)27/h5-6,8-11H,3-4,7H2,1-2H3. The molecule has 0 atom stereocenters. The minimum Gasteiger partial charge on any atom is -0.166 e. The normalized spacial score (nSPS) is 14.3. The zero-order valence-electron chi connectivity index (χ0n) is 14.9. The van der Waals surface area contributed by atoms with Gasteiger partial charge < -0.3 is 0 Å². The summed E-state index contributed by atoms with van der Waals surface area (Å²) in [5, 5.41) is 0. The monoisotopic (exact) mass is 384 g/mol. The molecule has 1 aliphatic carbocycles. The van der Waals surface area contributed by atoms with Gasteiger partial charge in [0.15, 0.2) is 0 Å². The summed E-state index contributed by atoms with van der Waals surface area (Å²) >= 11 is 0. The van der Waals surface area contributed by atoms with Crippen LogP contribution in [0, 0.1) is 6.92 Å². The van der Waals surface area contributed by atoms with Crippen LogP contribution >= 0.6 is 0 Å². The molecule has 0 saturated heterocycles. The fraction of sp³-hybridized carbons (Fsp3) is 0.333. The van der Waals surface area contributed by atoms with Gasteiger partial charge in [-0.3, -0.25) is 0 Å². The Morgan fingerprint density at radius 2 is 1.48 bits per heavy atom. The molecule has 0 aliphatic heterocycles. The number of benzene rings is 2. The van der Waals surface area contributed by atoms with Crippen molar-refractivity contribution in [2.45, 2.75) is 45.5 Å². The van der Waals surface area contributed by atoms with Crippen molar-refractivity contribution in [2.75, 3.05) is 0 Å². The highest BCUT2D eigenvalue weighted by Crippen LogP contribution is 2.42. The van der Waals surface area contributed by atoms with Gasteiger partial charge in [0.25, 0.3) is 0 Å². The van der Waals surface area contributed by atoms with Gasteiger partial charge in [-0.1, -0.05) is 37.1 Å². The van der Waals surface area contributed by atoms with Gasteiger partial charge in [0, 0.05) is 0 Å². The summed E-state index contributed by atoms with van der Waals surface area (Å²) in [6.45, 7) is 3.73. The molecular weight excluding hydrogens is 366 g/mol. The van der Waals surface area contributed by atoms with Gasteiger partial charge in [0.2, 0.25) is 0 Å². The molecule has 1 aliphatic rings. The second-order valence-electron chi connectivity index (χ2n) is 6.85. The van der Waals surface area contributed by atoms with Gasteiger partial charge in [-0.25, -0.2) is 0 Å². The van der Waals surface area contributed by atoms with Crippen LogP contribution in [-0.4, -0.2) is 0 Å². The highest BCUT2D eigenvalue weighted by Gasteiger charge is 2.37. The Kier molecular flexibility index (Phi) is 4.87. The fourth-order valence-corrected chi connectivity index (χ4v) is 3.55. The summed E-state index contributed by atoms with van der Waals surface area (Å²) < 4.78 is 79.3. The molecule has 27 heavy (non-hydrogen) atoms. The van der Waals surface area contributed by atoms with Crippen LogP contribution in [0.15, 0.2) is 35.9 Å². The molecule has 144 valence electrons. The van der Waals surface area contributed by atoms with E-state index in [0.29, 0.717) is 17.5 Å². The third kappa shape index (κ3) is 3.89. The topological polar surface area (TPSA) is 0 Å². The minimum absolute atomic E-state index is 0.0551. The third-order valence-electron chi connectivity index (χ3n) is 4.76. The Balaban J connectivity index is 2.25. The molecule has 3 rings (SSSR count). The number of alkyl halides is 6. The zero-order valence-corrected chi connectivity index (χ0v) is 14.9. The van der Waals surface area contributed by atoms with Crippen molar-refractivity contribution in [3.63, 3.8) is 0 Å². The SMILES string of the molecule is CCCC1=Cc2c(ccc(C)c2-c2cc(C(F)(F)F)cc(C(F)(F)F)c2)C1. The number of halogens is 6. The lowest BCUT2D eigenvalue weighted by molar-refractivity contribution is -0.143. The highest BCUT2D eigenvalue weighted by atomic mass is 19.4. The molecule has 2 aromatic carbocycles. The van der Waals surface area contributed by atoms with Gasteiger partial charge >= 0.3 is 12.4 Å². The van der Waals surface area contributed by atoms with E-state index in [0.717, 1.165) is 41.7 Å². The van der Waals surface area contributed by atoms with E-state index >= 15 is 0 Å². The molecule has 0 heterocycles. The van der Waals surface area contributed by atoms with Gasteiger partial charge in [0.05, 0.1) is 11.1 Å². The summed E-state index contributed by atoms with van der Waals surface area (Å²) in [5.74, 6) is 0. The highest BCUT2D eigenvalue weighted by molar-refractivity contribution is 5.83. The molecule has 0 unspecified atom stereocenters. The van der Waals surface area contributed by atoms with Crippen molar-refractivity contribution in [3.05, 3.63) is 63.7 Å². The second kappa shape index (κ2) is 6.73. The predicted molar refractivity (Wildman–Crippen MR) is 93.2 cm³/mol. The average molecular weight is 384 g/mol. The van der Waals surface area contributed by atoms with E-state index in [2.05, 4.69) is 0 Å². The lowest BCUT2D eigenvalue weighted by atomic mass is 9.90. The smallest absolute Gasteiger partial charge is 0.166 e. The van der Waals surface area contributed by atoms with Crippen molar-refractivity contribution in [3.8, 4) is 11.1 Å². The number of hydrogen-bond donors (Lipinski definition) is 0. The van der Waals surface area contributed by atoms with Crippen molar-refractivity contribution >= 4 is 6.08 Å². The molecule has 6 heteroatoms. The van der Waals surface area contributed by atoms with Crippen molar-refractivity contribution in [1.82, 2.24) is 0 Å². The van der Waals surface area contributed by atoms with Crippen molar-refractivity contribution in [2.24, 2.45) is 0 Å². The van der Waals surface area contributed by atoms with Crippen LogP contribution in [0.3, 0.4) is 0 Å². The molecule has 0 saturated carbocycles. The summed E-state index contributed by atoms with van der Waals surface area (Å²) in [7, 11) is 0. The minimum atomic E-state index is -4.86. The first-order chi connectivity index (χ1) is 12.5. The molecule has 0 aromatic heterocycles. The quantitative estimate of drug-likeness (QED) is 0.483. The van der Waals surface area contributed by atoms with E-state index in [9.17, 15) is 26.3 Å². The maximum atomic E-state index is 13.2. The molecule has 0 N–H and O–H groups in total. The largest absolute Gasteiger partial charge is 0.416 e. The molecule has 0 bridgehead atoms. The predicted octanol–water partition coefficient (Wildman–Crippen LogP) is 7.44. The summed E-state index contributed by atoms with van der Waals surface area (Å²) in [5.41, 5.74) is 1.25. The van der Waals surface area contributed by atoms with E-state index in [4.69, 9.17) is 0 Å². The Hall–Kier alpha value is -2.24. The van der Waals surface area contributed by atoms with Crippen LogP contribution < -0.4 is 0 Å². The Bertz CT molecular complexity index is 868. The van der Waals surface area contributed by atoms with E-state index in [-0.39, 0.29) is 11.6 Å². The van der Waals surface area contributed by atoms with Crippen LogP contribution in [0.2, 0.25) is 0 Å². The lowest BCUT2D eigenvalue weighted by Gasteiger charge is -2.17. The maximum Gasteiger partial charge on any atom is 0.416 e. The second-order valence-corrected chi connectivity index (χ2v) is 6.85. The molecular formula is C21H18F6. The zero-order chi connectivity index (χ0) is 20.0. The molecule has 0 fully saturated rings. The lowest BCUT2D eigenvalue weighted by Crippen LogP contribution is -2.11. The van der Waals surface area contributed by atoms with E-state index in [1.807, 2.05) is 19.1 Å². The first kappa shape index (κ1) is 19.5. The van der Waals surface area contributed by atoms with Crippen LogP contribution in [0.5, 0.6) is 0 Å². The molecule has 0 radical (unpaired) electrons. The maximum absolute atomic E-state index is 13.2. The molecule has 0 spiro atoms. The van der Waals surface area contributed by atoms with Crippen molar-refractivity contribution < 1.29 is 26.3 Å². The van der Waals surface area contributed by atoms with Gasteiger partial charge in [-0.05, 0) is 65.8 Å². The number of hydrogen-bond acceptors (Lipinski definition) is 0. The first-order valence-corrected chi connectivity index (χ1v) is 8.62. The summed E-state index contributed by atoms with van der Waals surface area (Å²) in [6.07, 6.45) is -5.34. The summed E-state index contributed by atoms with van der Waals surface area (Å²) in [4.78, 5) is 0. The molecule has 2 aromatic rings. The molecule has 0 nitrogen and oxygen atoms in total. The van der Waals surface area contributed by atoms with Gasteiger partial charge in [0.1, 0.15) is 0 Å². The Morgan fingerprint density at radius 1 is 0.889 bits per heavy atom. The van der Waals surface area contributed by atoms with Crippen LogP contribution in [0.4, 0.5) is 26.3 Å². The number of rotatable bonds is 3. The Morgan fingerprint density at radius 3 is 2.00 bits per heavy atom. The number of allylic oxidation sites excluding steroid dienone is 1.